The summed E-state index contributed by atoms with van der Waals surface area (Å²) in [6.07, 6.45) is 0. The van der Waals surface area contributed by atoms with E-state index < -0.39 is 0 Å². The molecular formula is C16H22N2OS. The number of carbonyl (C=O) groups is 1. The van der Waals surface area contributed by atoms with Crippen molar-refractivity contribution >= 4 is 17.7 Å². The standard InChI is InChI=1S/C16H22N2OS/c1-5-18(11-13(4)10-17)16(19)14-8-6-7-9-15(14)20-12(2)3/h6-9,12-13H,5,11H2,1-4H3. The van der Waals surface area contributed by atoms with Gasteiger partial charge in [0.25, 0.3) is 5.91 Å². The number of hydrogen-bond acceptors (Lipinski definition) is 3. The first-order valence-electron chi connectivity index (χ1n) is 6.94. The van der Waals surface area contributed by atoms with Gasteiger partial charge >= 0.3 is 0 Å². The number of rotatable bonds is 6. The Labute approximate surface area is 126 Å². The highest BCUT2D eigenvalue weighted by molar-refractivity contribution is 8.00. The van der Waals surface area contributed by atoms with Gasteiger partial charge in [-0.2, -0.15) is 5.26 Å². The molecule has 0 saturated heterocycles. The van der Waals surface area contributed by atoms with E-state index in [9.17, 15) is 4.79 Å². The molecule has 108 valence electrons. The maximum absolute atomic E-state index is 12.6. The van der Waals surface area contributed by atoms with Gasteiger partial charge in [-0.3, -0.25) is 4.79 Å². The van der Waals surface area contributed by atoms with E-state index in [1.165, 1.54) is 0 Å². The molecule has 0 fully saturated rings. The van der Waals surface area contributed by atoms with Gasteiger partial charge < -0.3 is 4.90 Å². The zero-order valence-corrected chi connectivity index (χ0v) is 13.4. The summed E-state index contributed by atoms with van der Waals surface area (Å²) in [6.45, 7) is 9.10. The van der Waals surface area contributed by atoms with Crippen LogP contribution < -0.4 is 0 Å². The lowest BCUT2D eigenvalue weighted by Crippen LogP contribution is -2.34. The SMILES string of the molecule is CCN(CC(C)C#N)C(=O)c1ccccc1SC(C)C. The van der Waals surface area contributed by atoms with Crippen molar-refractivity contribution in [1.82, 2.24) is 4.90 Å². The Hall–Kier alpha value is -1.47. The van der Waals surface area contributed by atoms with Crippen LogP contribution in [-0.2, 0) is 0 Å². The summed E-state index contributed by atoms with van der Waals surface area (Å²) in [4.78, 5) is 15.4. The minimum Gasteiger partial charge on any atom is -0.338 e. The average Bonchev–Trinajstić information content (AvgIpc) is 2.43. The fourth-order valence-corrected chi connectivity index (χ4v) is 2.84. The van der Waals surface area contributed by atoms with Crippen LogP contribution in [0.2, 0.25) is 0 Å². The zero-order chi connectivity index (χ0) is 15.1. The van der Waals surface area contributed by atoms with Crippen molar-refractivity contribution in [2.45, 2.75) is 37.8 Å². The number of benzene rings is 1. The highest BCUT2D eigenvalue weighted by Crippen LogP contribution is 2.27. The molecule has 0 aliphatic carbocycles. The third kappa shape index (κ3) is 4.57. The number of nitrogens with zero attached hydrogens (tertiary/aromatic N) is 2. The van der Waals surface area contributed by atoms with Crippen LogP contribution in [0.3, 0.4) is 0 Å². The number of amides is 1. The van der Waals surface area contributed by atoms with E-state index in [0.29, 0.717) is 18.3 Å². The average molecular weight is 290 g/mol. The lowest BCUT2D eigenvalue weighted by atomic mass is 10.1. The highest BCUT2D eigenvalue weighted by Gasteiger charge is 2.19. The van der Waals surface area contributed by atoms with Crippen molar-refractivity contribution in [1.29, 1.82) is 5.26 Å². The second-order valence-corrected chi connectivity index (χ2v) is 6.66. The summed E-state index contributed by atoms with van der Waals surface area (Å²) in [6, 6.07) is 9.88. The van der Waals surface area contributed by atoms with E-state index in [2.05, 4.69) is 19.9 Å². The molecule has 0 aliphatic rings. The topological polar surface area (TPSA) is 44.1 Å². The van der Waals surface area contributed by atoms with Crippen LogP contribution in [0.1, 0.15) is 38.1 Å². The first-order chi connectivity index (χ1) is 9.49. The van der Waals surface area contributed by atoms with Crippen LogP contribution in [-0.4, -0.2) is 29.1 Å². The fraction of sp³-hybridized carbons (Fsp3) is 0.500. The van der Waals surface area contributed by atoms with Crippen molar-refractivity contribution in [2.24, 2.45) is 5.92 Å². The molecule has 0 aliphatic heterocycles. The van der Waals surface area contributed by atoms with Gasteiger partial charge in [-0.05, 0) is 26.0 Å². The van der Waals surface area contributed by atoms with Crippen LogP contribution in [0.4, 0.5) is 0 Å². The summed E-state index contributed by atoms with van der Waals surface area (Å²) >= 11 is 1.69. The lowest BCUT2D eigenvalue weighted by Gasteiger charge is -2.23. The van der Waals surface area contributed by atoms with Crippen LogP contribution >= 0.6 is 11.8 Å². The van der Waals surface area contributed by atoms with Crippen LogP contribution in [0.15, 0.2) is 29.2 Å². The van der Waals surface area contributed by atoms with Crippen molar-refractivity contribution < 1.29 is 4.79 Å². The zero-order valence-electron chi connectivity index (χ0n) is 12.6. The van der Waals surface area contributed by atoms with Crippen LogP contribution in [0.25, 0.3) is 0 Å². The van der Waals surface area contributed by atoms with Crippen LogP contribution in [0, 0.1) is 17.2 Å². The molecule has 1 aromatic carbocycles. The van der Waals surface area contributed by atoms with E-state index >= 15 is 0 Å². The molecule has 1 amide bonds. The molecule has 0 radical (unpaired) electrons. The Morgan fingerprint density at radius 3 is 2.55 bits per heavy atom. The minimum absolute atomic E-state index is 0.0124. The van der Waals surface area contributed by atoms with Crippen molar-refractivity contribution in [3.63, 3.8) is 0 Å². The third-order valence-corrected chi connectivity index (χ3v) is 3.95. The molecule has 0 aromatic heterocycles. The Morgan fingerprint density at radius 1 is 1.35 bits per heavy atom. The molecule has 0 N–H and O–H groups in total. The van der Waals surface area contributed by atoms with Gasteiger partial charge in [0.2, 0.25) is 0 Å². The fourth-order valence-electron chi connectivity index (χ4n) is 1.90. The monoisotopic (exact) mass is 290 g/mol. The molecule has 1 atom stereocenters. The highest BCUT2D eigenvalue weighted by atomic mass is 32.2. The normalized spacial score (nSPS) is 12.0. The second-order valence-electron chi connectivity index (χ2n) is 5.04. The predicted octanol–water partition coefficient (Wildman–Crippen LogP) is 3.81. The molecule has 0 spiro atoms. The number of thioether (sulfide) groups is 1. The first kappa shape index (κ1) is 16.6. The quantitative estimate of drug-likeness (QED) is 0.748. The maximum atomic E-state index is 12.6. The summed E-state index contributed by atoms with van der Waals surface area (Å²) in [5, 5.41) is 9.34. The molecule has 0 saturated carbocycles. The number of hydrogen-bond donors (Lipinski definition) is 0. The first-order valence-corrected chi connectivity index (χ1v) is 7.82. The molecule has 20 heavy (non-hydrogen) atoms. The van der Waals surface area contributed by atoms with Crippen molar-refractivity contribution in [2.75, 3.05) is 13.1 Å². The van der Waals surface area contributed by atoms with Crippen molar-refractivity contribution in [3.05, 3.63) is 29.8 Å². The van der Waals surface area contributed by atoms with E-state index in [0.717, 1.165) is 10.5 Å². The summed E-state index contributed by atoms with van der Waals surface area (Å²) in [7, 11) is 0. The maximum Gasteiger partial charge on any atom is 0.255 e. The Morgan fingerprint density at radius 2 is 2.00 bits per heavy atom. The van der Waals surface area contributed by atoms with Gasteiger partial charge in [0, 0.05) is 23.2 Å². The number of carbonyl (C=O) groups excluding carboxylic acids is 1. The van der Waals surface area contributed by atoms with Gasteiger partial charge in [0.15, 0.2) is 0 Å². The van der Waals surface area contributed by atoms with E-state index in [1.54, 1.807) is 16.7 Å². The third-order valence-electron chi connectivity index (χ3n) is 2.86. The Balaban J connectivity index is 2.98. The molecule has 1 aromatic rings. The minimum atomic E-state index is -0.149. The van der Waals surface area contributed by atoms with Gasteiger partial charge in [0.05, 0.1) is 17.6 Å². The molecule has 4 heteroatoms. The van der Waals surface area contributed by atoms with Gasteiger partial charge in [-0.1, -0.05) is 26.0 Å². The van der Waals surface area contributed by atoms with Gasteiger partial charge in [-0.25, -0.2) is 0 Å². The molecule has 0 heterocycles. The number of nitriles is 1. The Kier molecular flexibility index (Phi) is 6.60. The Bertz CT molecular complexity index is 493. The predicted molar refractivity (Wildman–Crippen MR) is 83.8 cm³/mol. The summed E-state index contributed by atoms with van der Waals surface area (Å²) in [5.74, 6) is -0.137. The van der Waals surface area contributed by atoms with E-state index in [4.69, 9.17) is 5.26 Å². The van der Waals surface area contributed by atoms with E-state index in [1.807, 2.05) is 38.1 Å². The smallest absolute Gasteiger partial charge is 0.255 e. The van der Waals surface area contributed by atoms with Gasteiger partial charge in [0.1, 0.15) is 0 Å². The second kappa shape index (κ2) is 7.96. The van der Waals surface area contributed by atoms with Crippen LogP contribution in [0.5, 0.6) is 0 Å². The summed E-state index contributed by atoms with van der Waals surface area (Å²) in [5.41, 5.74) is 0.734. The largest absolute Gasteiger partial charge is 0.338 e. The molecule has 3 nitrogen and oxygen atoms in total. The molecule has 0 bridgehead atoms. The summed E-state index contributed by atoms with van der Waals surface area (Å²) < 4.78 is 0. The molecule has 1 unspecified atom stereocenters. The molecular weight excluding hydrogens is 268 g/mol. The lowest BCUT2D eigenvalue weighted by molar-refractivity contribution is 0.0749. The molecule has 1 rings (SSSR count). The van der Waals surface area contributed by atoms with Gasteiger partial charge in [-0.15, -0.1) is 11.8 Å². The van der Waals surface area contributed by atoms with Crippen molar-refractivity contribution in [3.8, 4) is 6.07 Å². The van der Waals surface area contributed by atoms with E-state index in [-0.39, 0.29) is 11.8 Å².